The van der Waals surface area contributed by atoms with E-state index in [0.29, 0.717) is 16.8 Å². The number of halogens is 3. The number of aliphatic hydroxyl groups excluding tert-OH is 1. The number of nitrogens with two attached hydrogens (primary N) is 1. The quantitative estimate of drug-likeness (QED) is 0.332. The summed E-state index contributed by atoms with van der Waals surface area (Å²) in [5.41, 5.74) is 6.47. The molecule has 3 aliphatic rings. The second-order valence-electron chi connectivity index (χ2n) is 8.20. The largest absolute Gasteiger partial charge is 0.458 e. The van der Waals surface area contributed by atoms with E-state index in [-0.39, 0.29) is 58.3 Å². The molecular weight excluding hydrogens is 413 g/mol. The molecule has 9 heteroatoms. The number of benzene rings is 2. The number of esters is 1. The molecule has 1 unspecified atom stereocenters. The number of alkyl halides is 2. The minimum atomic E-state index is -3.18. The van der Waals surface area contributed by atoms with Crippen molar-refractivity contribution in [1.82, 2.24) is 4.57 Å². The molecule has 2 aromatic carbocycles. The van der Waals surface area contributed by atoms with Crippen molar-refractivity contribution in [1.29, 1.82) is 0 Å². The zero-order chi connectivity index (χ0) is 21.8. The van der Waals surface area contributed by atoms with Crippen LogP contribution in [0, 0.1) is 5.82 Å². The van der Waals surface area contributed by atoms with E-state index < -0.39 is 35.8 Å². The molecule has 0 saturated carbocycles. The lowest BCUT2D eigenvalue weighted by atomic mass is 9.81. The van der Waals surface area contributed by atoms with E-state index in [1.807, 2.05) is 0 Å². The predicted molar refractivity (Wildman–Crippen MR) is 104 cm³/mol. The van der Waals surface area contributed by atoms with Crippen molar-refractivity contribution in [3.05, 3.63) is 62.2 Å². The summed E-state index contributed by atoms with van der Waals surface area (Å²) in [6.45, 7) is -0.393. The van der Waals surface area contributed by atoms with Gasteiger partial charge >= 0.3 is 5.97 Å². The zero-order valence-corrected chi connectivity index (χ0v) is 16.0. The van der Waals surface area contributed by atoms with Gasteiger partial charge in [-0.15, -0.1) is 0 Å². The molecule has 3 N–H and O–H groups in total. The summed E-state index contributed by atoms with van der Waals surface area (Å²) in [5.74, 6) is -4.74. The molecule has 1 atom stereocenters. The predicted octanol–water partition coefficient (Wildman–Crippen LogP) is 2.88. The van der Waals surface area contributed by atoms with Crippen molar-refractivity contribution in [2.75, 3.05) is 5.73 Å². The minimum absolute atomic E-state index is 0.0499. The maximum absolute atomic E-state index is 15.2. The number of nitrogens with zero attached hydrogens (tertiary/aromatic N) is 1. The van der Waals surface area contributed by atoms with Crippen LogP contribution in [0.3, 0.4) is 0 Å². The molecule has 0 bridgehead atoms. The number of cyclic esters (lactones) is 1. The highest BCUT2D eigenvalue weighted by Crippen LogP contribution is 2.51. The van der Waals surface area contributed by atoms with E-state index in [2.05, 4.69) is 0 Å². The molecule has 3 aromatic rings. The molecule has 31 heavy (non-hydrogen) atoms. The van der Waals surface area contributed by atoms with Gasteiger partial charge in [-0.2, -0.15) is 0 Å². The fraction of sp³-hybridized carbons (Fsp3) is 0.273. The van der Waals surface area contributed by atoms with Crippen LogP contribution in [-0.4, -0.2) is 15.6 Å². The summed E-state index contributed by atoms with van der Waals surface area (Å²) in [4.78, 5) is 24.8. The van der Waals surface area contributed by atoms with Gasteiger partial charge in [0.25, 0.3) is 11.5 Å². The van der Waals surface area contributed by atoms with E-state index in [0.717, 1.165) is 6.07 Å². The van der Waals surface area contributed by atoms with Crippen LogP contribution in [0.2, 0.25) is 0 Å². The van der Waals surface area contributed by atoms with Gasteiger partial charge < -0.3 is 20.1 Å². The number of ether oxygens (including phenoxy) is 1. The summed E-state index contributed by atoms with van der Waals surface area (Å²) in [6, 6.07) is 4.16. The van der Waals surface area contributed by atoms with Gasteiger partial charge in [-0.05, 0) is 46.5 Å². The van der Waals surface area contributed by atoms with Gasteiger partial charge in [-0.1, -0.05) is 0 Å². The van der Waals surface area contributed by atoms with Gasteiger partial charge in [0.15, 0.2) is 6.10 Å². The number of hydrogen-bond acceptors (Lipinski definition) is 5. The fourth-order valence-electron chi connectivity index (χ4n) is 5.12. The van der Waals surface area contributed by atoms with Crippen molar-refractivity contribution < 1.29 is 27.8 Å². The Kier molecular flexibility index (Phi) is 3.37. The minimum Gasteiger partial charge on any atom is -0.458 e. The third-order valence-corrected chi connectivity index (χ3v) is 6.59. The first kappa shape index (κ1) is 18.4. The topological polar surface area (TPSA) is 94.5 Å². The lowest BCUT2D eigenvalue weighted by Gasteiger charge is -2.29. The Morgan fingerprint density at radius 3 is 2.71 bits per heavy atom. The number of carbonyl (C=O) groups is 1. The van der Waals surface area contributed by atoms with Crippen LogP contribution in [0.4, 0.5) is 18.9 Å². The van der Waals surface area contributed by atoms with Crippen LogP contribution >= 0.6 is 0 Å². The lowest BCUT2D eigenvalue weighted by molar-refractivity contribution is -0.157. The number of rotatable bonds is 0. The SMILES string of the molecule is Nc1c(F)cc2cc3c(c4c2c1CCC4(F)F)Cn1c-3cc2c(c1=O)COC(=O)C2O. The number of aliphatic hydroxyl groups is 1. The second kappa shape index (κ2) is 5.67. The van der Waals surface area contributed by atoms with Crippen molar-refractivity contribution >= 4 is 22.4 Å². The van der Waals surface area contributed by atoms with Crippen molar-refractivity contribution in [2.45, 2.75) is 38.0 Å². The highest BCUT2D eigenvalue weighted by atomic mass is 19.3. The van der Waals surface area contributed by atoms with Crippen molar-refractivity contribution in [3.63, 3.8) is 0 Å². The van der Waals surface area contributed by atoms with Gasteiger partial charge in [0.2, 0.25) is 0 Å². The average Bonchev–Trinajstić information content (AvgIpc) is 3.08. The van der Waals surface area contributed by atoms with Gasteiger partial charge in [0.1, 0.15) is 12.4 Å². The smallest absolute Gasteiger partial charge is 0.340 e. The lowest BCUT2D eigenvalue weighted by Crippen LogP contribution is -2.32. The van der Waals surface area contributed by atoms with Crippen LogP contribution in [0.25, 0.3) is 22.0 Å². The Labute approximate surface area is 172 Å². The first-order chi connectivity index (χ1) is 14.7. The number of aromatic nitrogens is 1. The zero-order valence-electron chi connectivity index (χ0n) is 16.0. The number of carbonyl (C=O) groups excluding carboxylic acids is 1. The van der Waals surface area contributed by atoms with E-state index in [4.69, 9.17) is 10.5 Å². The number of anilines is 1. The van der Waals surface area contributed by atoms with Crippen LogP contribution in [0.5, 0.6) is 0 Å². The third kappa shape index (κ3) is 2.21. The van der Waals surface area contributed by atoms with Crippen molar-refractivity contribution in [2.24, 2.45) is 0 Å². The second-order valence-corrected chi connectivity index (χ2v) is 8.20. The summed E-state index contributed by atoms with van der Waals surface area (Å²) < 4.78 is 50.9. The Balaban J connectivity index is 1.72. The molecule has 1 aromatic heterocycles. The third-order valence-electron chi connectivity index (χ3n) is 6.59. The van der Waals surface area contributed by atoms with Gasteiger partial charge in [0, 0.05) is 23.1 Å². The molecule has 0 saturated heterocycles. The van der Waals surface area contributed by atoms with E-state index in [1.54, 1.807) is 6.07 Å². The highest BCUT2D eigenvalue weighted by molar-refractivity contribution is 5.99. The maximum Gasteiger partial charge on any atom is 0.340 e. The maximum atomic E-state index is 15.2. The number of pyridine rings is 1. The van der Waals surface area contributed by atoms with Crippen LogP contribution in [-0.2, 0) is 35.0 Å². The summed E-state index contributed by atoms with van der Waals surface area (Å²) in [5, 5.41) is 10.7. The van der Waals surface area contributed by atoms with E-state index >= 15 is 8.78 Å². The van der Waals surface area contributed by atoms with Gasteiger partial charge in [0.05, 0.1) is 23.5 Å². The Morgan fingerprint density at radius 1 is 1.16 bits per heavy atom. The summed E-state index contributed by atoms with van der Waals surface area (Å²) in [7, 11) is 0. The number of hydrogen-bond donors (Lipinski definition) is 2. The van der Waals surface area contributed by atoms with Crippen LogP contribution in [0.1, 0.15) is 40.3 Å². The first-order valence-corrected chi connectivity index (χ1v) is 9.75. The highest BCUT2D eigenvalue weighted by Gasteiger charge is 2.43. The summed E-state index contributed by atoms with van der Waals surface area (Å²) in [6.07, 6.45) is -2.19. The van der Waals surface area contributed by atoms with Crippen LogP contribution < -0.4 is 11.3 Å². The summed E-state index contributed by atoms with van der Waals surface area (Å²) >= 11 is 0. The fourth-order valence-corrected chi connectivity index (χ4v) is 5.12. The van der Waals surface area contributed by atoms with E-state index in [1.165, 1.54) is 10.6 Å². The Morgan fingerprint density at radius 2 is 1.94 bits per heavy atom. The van der Waals surface area contributed by atoms with E-state index in [9.17, 15) is 19.1 Å². The van der Waals surface area contributed by atoms with Crippen molar-refractivity contribution in [3.8, 4) is 11.3 Å². The molecule has 158 valence electrons. The van der Waals surface area contributed by atoms with Gasteiger partial charge in [-0.3, -0.25) is 4.79 Å². The van der Waals surface area contributed by atoms with Crippen LogP contribution in [0.15, 0.2) is 23.0 Å². The molecule has 2 aliphatic heterocycles. The van der Waals surface area contributed by atoms with Gasteiger partial charge in [-0.25, -0.2) is 18.0 Å². The Hall–Kier alpha value is -3.33. The molecule has 0 radical (unpaired) electrons. The molecule has 0 amide bonds. The average molecular weight is 428 g/mol. The molecule has 6 nitrogen and oxygen atoms in total. The molecule has 6 rings (SSSR count). The monoisotopic (exact) mass is 428 g/mol. The number of fused-ring (bicyclic) bond motifs is 5. The molecule has 0 fully saturated rings. The molecule has 1 aliphatic carbocycles. The number of nitrogen functional groups attached to an aromatic ring is 1. The molecule has 0 spiro atoms. The number of aryl methyl sites for hydroxylation is 1. The Bertz CT molecular complexity index is 1430. The first-order valence-electron chi connectivity index (χ1n) is 9.75. The normalized spacial score (nSPS) is 20.3. The standard InChI is InChI=1S/C22H15F3N2O4/c23-14-4-8-3-10-12(17-16(8)9(18(14)26)1-2-22(17,24)25)6-27-15(10)5-11-13(20(27)29)7-31-21(30)19(11)28/h3-5,19,28H,1-2,6-7,26H2. The molecule has 3 heterocycles. The molecular formula is C22H15F3N2O4.